The Morgan fingerprint density at radius 2 is 1.80 bits per heavy atom. The van der Waals surface area contributed by atoms with Crippen LogP contribution in [0.2, 0.25) is 0 Å². The summed E-state index contributed by atoms with van der Waals surface area (Å²) in [4.78, 5) is 14.6. The van der Waals surface area contributed by atoms with E-state index in [1.54, 1.807) is 0 Å². The number of carbonyl (C=O) groups is 1. The number of hydrogen-bond donors (Lipinski definition) is 2. The zero-order valence-electron chi connectivity index (χ0n) is 17.8. The van der Waals surface area contributed by atoms with E-state index in [1.807, 2.05) is 50.2 Å². The number of amides is 2. The molecular weight excluding hydrogens is 378 g/mol. The van der Waals surface area contributed by atoms with Gasteiger partial charge in [0.25, 0.3) is 0 Å². The molecule has 6 heteroatoms. The minimum Gasteiger partial charge on any atom is -0.376 e. The van der Waals surface area contributed by atoms with Crippen LogP contribution in [0.1, 0.15) is 25.0 Å². The second-order valence-corrected chi connectivity index (χ2v) is 7.53. The van der Waals surface area contributed by atoms with Crippen molar-refractivity contribution in [3.63, 3.8) is 0 Å². The fraction of sp³-hybridized carbons (Fsp3) is 0.375. The van der Waals surface area contributed by atoms with Gasteiger partial charge < -0.3 is 25.0 Å². The zero-order chi connectivity index (χ0) is 21.2. The molecule has 0 radical (unpaired) electrons. The fourth-order valence-electron chi connectivity index (χ4n) is 3.18. The Morgan fingerprint density at radius 1 is 1.03 bits per heavy atom. The van der Waals surface area contributed by atoms with Crippen LogP contribution in [-0.2, 0) is 22.6 Å². The van der Waals surface area contributed by atoms with Crippen LogP contribution in [0, 0.1) is 0 Å². The van der Waals surface area contributed by atoms with E-state index in [0.29, 0.717) is 26.4 Å². The lowest BCUT2D eigenvalue weighted by Gasteiger charge is -2.18. The highest BCUT2D eigenvalue weighted by atomic mass is 16.5. The van der Waals surface area contributed by atoms with Crippen LogP contribution in [0.15, 0.2) is 60.7 Å². The third kappa shape index (κ3) is 7.21. The normalized spacial score (nSPS) is 13.1. The number of ether oxygens (including phenoxy) is 2. The third-order valence-electron chi connectivity index (χ3n) is 4.68. The van der Waals surface area contributed by atoms with Gasteiger partial charge in [0.1, 0.15) is 0 Å². The fourth-order valence-corrected chi connectivity index (χ4v) is 3.18. The van der Waals surface area contributed by atoms with Crippen LogP contribution in [-0.4, -0.2) is 38.4 Å². The zero-order valence-corrected chi connectivity index (χ0v) is 17.8. The third-order valence-corrected chi connectivity index (χ3v) is 4.68. The standard InChI is InChI=1S/C24H31N3O3/c1-19(2)30-14-13-29-18-21-8-5-9-22(15-21)26-24(28)25-17-20-7-6-10-23(16-20)27-11-3-4-12-27/h3-10,15-16,19H,11-14,17-18H2,1-2H3,(H2,25,26,28). The first-order valence-corrected chi connectivity index (χ1v) is 10.4. The molecule has 2 N–H and O–H groups in total. The minimum absolute atomic E-state index is 0.208. The van der Waals surface area contributed by atoms with Crippen LogP contribution < -0.4 is 15.5 Å². The molecule has 0 atom stereocenters. The van der Waals surface area contributed by atoms with Crippen molar-refractivity contribution in [3.8, 4) is 0 Å². The van der Waals surface area contributed by atoms with Crippen molar-refractivity contribution < 1.29 is 14.3 Å². The van der Waals surface area contributed by atoms with Gasteiger partial charge in [0.15, 0.2) is 0 Å². The molecule has 0 fully saturated rings. The van der Waals surface area contributed by atoms with E-state index in [4.69, 9.17) is 9.47 Å². The number of hydrogen-bond acceptors (Lipinski definition) is 4. The monoisotopic (exact) mass is 409 g/mol. The Balaban J connectivity index is 1.43. The maximum absolute atomic E-state index is 12.3. The van der Waals surface area contributed by atoms with E-state index in [-0.39, 0.29) is 12.1 Å². The maximum atomic E-state index is 12.3. The maximum Gasteiger partial charge on any atom is 0.319 e. The predicted molar refractivity (Wildman–Crippen MR) is 121 cm³/mol. The summed E-state index contributed by atoms with van der Waals surface area (Å²) in [6.07, 6.45) is 4.54. The van der Waals surface area contributed by atoms with Crippen molar-refractivity contribution in [1.82, 2.24) is 5.32 Å². The summed E-state index contributed by atoms with van der Waals surface area (Å²) in [5.74, 6) is 0. The Labute approximate surface area is 178 Å². The molecule has 2 aromatic rings. The van der Waals surface area contributed by atoms with E-state index in [0.717, 1.165) is 29.9 Å². The second kappa shape index (κ2) is 11.4. The molecule has 1 heterocycles. The molecule has 0 spiro atoms. The van der Waals surface area contributed by atoms with Crippen LogP contribution >= 0.6 is 0 Å². The van der Waals surface area contributed by atoms with Gasteiger partial charge in [0.2, 0.25) is 0 Å². The summed E-state index contributed by atoms with van der Waals surface area (Å²) in [7, 11) is 0. The van der Waals surface area contributed by atoms with Gasteiger partial charge in [-0.3, -0.25) is 0 Å². The predicted octanol–water partition coefficient (Wildman–Crippen LogP) is 4.33. The van der Waals surface area contributed by atoms with Gasteiger partial charge in [0.05, 0.1) is 25.9 Å². The molecule has 1 aliphatic heterocycles. The van der Waals surface area contributed by atoms with Crippen LogP contribution in [0.5, 0.6) is 0 Å². The van der Waals surface area contributed by atoms with Crippen molar-refractivity contribution in [1.29, 1.82) is 0 Å². The molecule has 3 rings (SSSR count). The van der Waals surface area contributed by atoms with Crippen molar-refractivity contribution in [3.05, 3.63) is 71.8 Å². The largest absolute Gasteiger partial charge is 0.376 e. The van der Waals surface area contributed by atoms with Crippen molar-refractivity contribution >= 4 is 17.4 Å². The molecule has 1 aliphatic rings. The molecule has 0 unspecified atom stereocenters. The Hall–Kier alpha value is -2.83. The second-order valence-electron chi connectivity index (χ2n) is 7.53. The first-order valence-electron chi connectivity index (χ1n) is 10.4. The SMILES string of the molecule is CC(C)OCCOCc1cccc(NC(=O)NCc2cccc(N3CC=CC3)c2)c1. The molecular formula is C24H31N3O3. The van der Waals surface area contributed by atoms with Crippen molar-refractivity contribution in [2.24, 2.45) is 0 Å². The van der Waals surface area contributed by atoms with Crippen LogP contribution in [0.4, 0.5) is 16.2 Å². The van der Waals surface area contributed by atoms with E-state index in [1.165, 1.54) is 5.69 Å². The van der Waals surface area contributed by atoms with Gasteiger partial charge in [-0.15, -0.1) is 0 Å². The Kier molecular flexibility index (Phi) is 8.30. The van der Waals surface area contributed by atoms with Crippen molar-refractivity contribution in [2.75, 3.05) is 36.5 Å². The molecule has 0 saturated carbocycles. The number of nitrogens with one attached hydrogen (secondary N) is 2. The number of benzene rings is 2. The molecule has 0 bridgehead atoms. The van der Waals surface area contributed by atoms with E-state index in [9.17, 15) is 4.79 Å². The summed E-state index contributed by atoms with van der Waals surface area (Å²) in [5, 5.41) is 5.81. The van der Waals surface area contributed by atoms with Gasteiger partial charge in [-0.2, -0.15) is 0 Å². The van der Waals surface area contributed by atoms with Gasteiger partial charge in [0, 0.05) is 31.0 Å². The lowest BCUT2D eigenvalue weighted by Crippen LogP contribution is -2.28. The van der Waals surface area contributed by atoms with E-state index < -0.39 is 0 Å². The summed E-state index contributed by atoms with van der Waals surface area (Å²) in [6, 6.07) is 15.7. The smallest absolute Gasteiger partial charge is 0.319 e. The quantitative estimate of drug-likeness (QED) is 0.453. The number of rotatable bonds is 10. The first-order chi connectivity index (χ1) is 14.6. The molecule has 0 saturated heterocycles. The highest BCUT2D eigenvalue weighted by Crippen LogP contribution is 2.18. The van der Waals surface area contributed by atoms with Gasteiger partial charge >= 0.3 is 6.03 Å². The van der Waals surface area contributed by atoms with Crippen LogP contribution in [0.25, 0.3) is 0 Å². The topological polar surface area (TPSA) is 62.8 Å². The molecule has 6 nitrogen and oxygen atoms in total. The molecule has 0 aliphatic carbocycles. The molecule has 2 amide bonds. The lowest BCUT2D eigenvalue weighted by atomic mass is 10.2. The molecule has 2 aromatic carbocycles. The summed E-state index contributed by atoms with van der Waals surface area (Å²) in [6.45, 7) is 7.95. The van der Waals surface area contributed by atoms with Crippen molar-refractivity contribution in [2.45, 2.75) is 33.1 Å². The highest BCUT2D eigenvalue weighted by molar-refractivity contribution is 5.89. The minimum atomic E-state index is -0.230. The van der Waals surface area contributed by atoms with Gasteiger partial charge in [-0.25, -0.2) is 4.79 Å². The highest BCUT2D eigenvalue weighted by Gasteiger charge is 2.08. The number of urea groups is 1. The van der Waals surface area contributed by atoms with Gasteiger partial charge in [-0.1, -0.05) is 36.4 Å². The molecule has 30 heavy (non-hydrogen) atoms. The van der Waals surface area contributed by atoms with E-state index in [2.05, 4.69) is 39.8 Å². The average molecular weight is 410 g/mol. The Bertz CT molecular complexity index is 843. The average Bonchev–Trinajstić information content (AvgIpc) is 3.27. The molecule has 160 valence electrons. The Morgan fingerprint density at radius 3 is 2.60 bits per heavy atom. The summed E-state index contributed by atoms with van der Waals surface area (Å²) in [5.41, 5.74) is 3.99. The summed E-state index contributed by atoms with van der Waals surface area (Å²) >= 11 is 0. The number of carbonyl (C=O) groups excluding carboxylic acids is 1. The number of anilines is 2. The summed E-state index contributed by atoms with van der Waals surface area (Å²) < 4.78 is 11.1. The molecule has 0 aromatic heterocycles. The first kappa shape index (κ1) is 21.9. The lowest BCUT2D eigenvalue weighted by molar-refractivity contribution is 0.0143. The van der Waals surface area contributed by atoms with E-state index >= 15 is 0 Å². The number of nitrogens with zero attached hydrogens (tertiary/aromatic N) is 1. The van der Waals surface area contributed by atoms with Gasteiger partial charge in [-0.05, 0) is 49.2 Å². The van der Waals surface area contributed by atoms with Crippen LogP contribution in [0.3, 0.4) is 0 Å².